The van der Waals surface area contributed by atoms with Gasteiger partial charge in [-0.25, -0.2) is 0 Å². The monoisotopic (exact) mass is 455 g/mol. The van der Waals surface area contributed by atoms with Gasteiger partial charge in [-0.15, -0.1) is 0 Å². The van der Waals surface area contributed by atoms with E-state index in [1.807, 2.05) is 0 Å². The van der Waals surface area contributed by atoms with E-state index in [-0.39, 0.29) is 5.82 Å². The van der Waals surface area contributed by atoms with Crippen molar-refractivity contribution < 1.29 is 15.5 Å². The van der Waals surface area contributed by atoms with Gasteiger partial charge in [-0.2, -0.15) is 0 Å². The summed E-state index contributed by atoms with van der Waals surface area (Å²) in [6.45, 7) is 0. The van der Waals surface area contributed by atoms with E-state index in [0.29, 0.717) is 4.46 Å². The molecular formula is C4H4Cl2N3OPtSe. The van der Waals surface area contributed by atoms with Crippen molar-refractivity contribution in [2.24, 2.45) is 0 Å². The molecule has 2 N–H and O–H groups in total. The molecule has 8 heteroatoms. The van der Waals surface area contributed by atoms with E-state index < -0.39 is 21.2 Å². The van der Waals surface area contributed by atoms with E-state index in [1.165, 1.54) is 9.32 Å². The Labute approximate surface area is 90.6 Å². The van der Waals surface area contributed by atoms with E-state index in [2.05, 4.69) is 21.0 Å². The summed E-state index contributed by atoms with van der Waals surface area (Å²) in [5.41, 5.74) is 4.89. The molecule has 0 saturated carbocycles. The quantitative estimate of drug-likeness (QED) is 0.556. The second kappa shape index (κ2) is 4.12. The summed E-state index contributed by atoms with van der Waals surface area (Å²) < 4.78 is 1.88. The average Bonchev–Trinajstić information content (AvgIpc) is 1.96. The van der Waals surface area contributed by atoms with E-state index in [0.717, 1.165) is 0 Å². The van der Waals surface area contributed by atoms with E-state index in [9.17, 15) is 4.79 Å². The fourth-order valence-electron chi connectivity index (χ4n) is 0.503. The van der Waals surface area contributed by atoms with Crippen LogP contribution in [-0.2, 0) is 15.5 Å². The Hall–Kier alpha value is 0.468. The summed E-state index contributed by atoms with van der Waals surface area (Å²) in [6, 6.07) is 0. The Balaban J connectivity index is 3.33. The number of nitrogens with two attached hydrogens (primary N) is 1. The number of hydrogen-bond acceptors (Lipinski definition) is 3. The van der Waals surface area contributed by atoms with Gasteiger partial charge in [0.2, 0.25) is 0 Å². The van der Waals surface area contributed by atoms with E-state index >= 15 is 0 Å². The van der Waals surface area contributed by atoms with Crippen LogP contribution in [0.1, 0.15) is 0 Å². The van der Waals surface area contributed by atoms with Crippen molar-refractivity contribution in [3.8, 4) is 0 Å². The van der Waals surface area contributed by atoms with Crippen molar-refractivity contribution in [2.75, 3.05) is 5.73 Å². The van der Waals surface area contributed by atoms with Crippen LogP contribution in [0.5, 0.6) is 0 Å². The Morgan fingerprint density at radius 3 is 2.75 bits per heavy atom. The predicted molar refractivity (Wildman–Crippen MR) is 46.8 cm³/mol. The second-order valence-electron chi connectivity index (χ2n) is 1.73. The molecule has 0 bridgehead atoms. The molecule has 1 heterocycles. The van der Waals surface area contributed by atoms with Crippen LogP contribution in [0.3, 0.4) is 0 Å². The summed E-state index contributed by atoms with van der Waals surface area (Å²) in [5.74, 6) is 0.197. The number of anilines is 1. The molecule has 0 atom stereocenters. The zero-order chi connectivity index (χ0) is 9.30. The van der Waals surface area contributed by atoms with Gasteiger partial charge in [0.1, 0.15) is 0 Å². The van der Waals surface area contributed by atoms with Gasteiger partial charge in [0.05, 0.1) is 0 Å². The molecule has 0 radical (unpaired) electrons. The van der Waals surface area contributed by atoms with Crippen molar-refractivity contribution in [1.29, 1.82) is 0 Å². The summed E-state index contributed by atoms with van der Waals surface area (Å²) >= 11 is -0.167. The first-order valence-electron chi connectivity index (χ1n) is 2.56. The predicted octanol–water partition coefficient (Wildman–Crippen LogP) is -0.960. The van der Waals surface area contributed by atoms with Crippen LogP contribution < -0.4 is 15.9 Å². The number of aromatic nitrogens is 2. The van der Waals surface area contributed by atoms with Crippen molar-refractivity contribution in [2.45, 2.75) is 0 Å². The van der Waals surface area contributed by atoms with Crippen LogP contribution in [-0.4, -0.2) is 24.1 Å². The van der Waals surface area contributed by atoms with Gasteiger partial charge in [0.25, 0.3) is 0 Å². The van der Waals surface area contributed by atoms with Gasteiger partial charge < -0.3 is 0 Å². The van der Waals surface area contributed by atoms with Crippen LogP contribution in [0.25, 0.3) is 0 Å². The molecule has 0 aliphatic carbocycles. The number of nitrogen functional groups attached to an aromatic ring is 1. The van der Waals surface area contributed by atoms with Gasteiger partial charge >= 0.3 is 91.1 Å². The first kappa shape index (κ1) is 10.5. The molecular weight excluding hydrogens is 451 g/mol. The van der Waals surface area contributed by atoms with Crippen molar-refractivity contribution in [3.63, 3.8) is 0 Å². The molecule has 0 amide bonds. The Morgan fingerprint density at radius 2 is 2.25 bits per heavy atom. The van der Waals surface area contributed by atoms with Crippen molar-refractivity contribution in [1.82, 2.24) is 8.11 Å². The van der Waals surface area contributed by atoms with Gasteiger partial charge in [0, 0.05) is 0 Å². The van der Waals surface area contributed by atoms with Crippen LogP contribution >= 0.6 is 18.8 Å². The minimum absolute atomic E-state index is 0.197. The topological polar surface area (TPSA) is 60.9 Å². The van der Waals surface area contributed by atoms with Crippen LogP contribution in [0.15, 0.2) is 11.0 Å². The van der Waals surface area contributed by atoms with Gasteiger partial charge in [-0.05, 0) is 0 Å². The maximum absolute atomic E-state index is 11.1. The molecule has 0 aliphatic heterocycles. The fourth-order valence-corrected chi connectivity index (χ4v) is 3.55. The van der Waals surface area contributed by atoms with E-state index in [1.54, 1.807) is 0 Å². The summed E-state index contributed by atoms with van der Waals surface area (Å²) in [7, 11) is 11.3. The fraction of sp³-hybridized carbons (Fsp3) is 0. The van der Waals surface area contributed by atoms with Crippen LogP contribution in [0, 0.1) is 0 Å². The van der Waals surface area contributed by atoms with Crippen LogP contribution in [0.2, 0.25) is 0 Å². The zero-order valence-corrected chi connectivity index (χ0v) is 11.1. The standard InChI is InChI=1S/C4H5N3OSe.2ClH.Pt/c5-3-2(9)1-6-4(8)7-3;;;/h1H,(H4,5,6,7,8,9);2*1H;/q;;;+3/p-3. The average molecular weight is 455 g/mol. The molecule has 12 heavy (non-hydrogen) atoms. The third kappa shape index (κ3) is 2.24. The Morgan fingerprint density at radius 1 is 1.67 bits per heavy atom. The molecule has 1 aromatic rings. The molecule has 0 unspecified atom stereocenters. The van der Waals surface area contributed by atoms with E-state index in [4.69, 9.17) is 24.6 Å². The van der Waals surface area contributed by atoms with Gasteiger partial charge in [-0.1, -0.05) is 0 Å². The molecule has 0 saturated heterocycles. The molecule has 4 nitrogen and oxygen atoms in total. The maximum atomic E-state index is 11.1. The van der Waals surface area contributed by atoms with Crippen molar-refractivity contribution in [3.05, 3.63) is 16.7 Å². The number of halogens is 2. The molecule has 0 aliphatic rings. The number of hydrogen-bond donors (Lipinski definition) is 1. The number of rotatable bonds is 1. The third-order valence-corrected chi connectivity index (χ3v) is 5.16. The minimum atomic E-state index is -2.36. The zero-order valence-electron chi connectivity index (χ0n) is 5.48. The number of nitrogens with zero attached hydrogens (tertiary/aromatic N) is 2. The van der Waals surface area contributed by atoms with Gasteiger partial charge in [-0.3, -0.25) is 0 Å². The molecule has 0 spiro atoms. The Bertz CT molecular complexity index is 355. The SMILES string of the molecule is Nc1nc(=O)[n]([Pt]([Cl])[Cl])cc1[SeH]. The molecule has 1 aromatic heterocycles. The van der Waals surface area contributed by atoms with Gasteiger partial charge in [0.15, 0.2) is 0 Å². The second-order valence-corrected chi connectivity index (χ2v) is 9.63. The Kier molecular flexibility index (Phi) is 3.62. The molecule has 0 fully saturated rings. The molecule has 0 aromatic carbocycles. The van der Waals surface area contributed by atoms with Crippen LogP contribution in [0.4, 0.5) is 5.82 Å². The molecule has 1 rings (SSSR count). The first-order chi connectivity index (χ1) is 5.52. The molecule has 71 valence electrons. The third-order valence-electron chi connectivity index (χ3n) is 0.992. The normalized spacial score (nSPS) is 11.4. The summed E-state index contributed by atoms with van der Waals surface area (Å²) in [6.07, 6.45) is 1.51. The summed E-state index contributed by atoms with van der Waals surface area (Å²) in [5, 5.41) is 0. The first-order valence-corrected chi connectivity index (χ1v) is 10.1. The van der Waals surface area contributed by atoms with Crippen molar-refractivity contribution >= 4 is 45.1 Å². The summed E-state index contributed by atoms with van der Waals surface area (Å²) in [4.78, 5) is 14.6.